The highest BCUT2D eigenvalue weighted by atomic mass is 16.2. The zero-order valence-corrected chi connectivity index (χ0v) is 15.4. The fraction of sp³-hybridized carbons (Fsp3) is 0.238. The Morgan fingerprint density at radius 1 is 1.04 bits per heavy atom. The maximum absolute atomic E-state index is 11.9. The second-order valence-electron chi connectivity index (χ2n) is 6.87. The summed E-state index contributed by atoms with van der Waals surface area (Å²) in [5.41, 5.74) is 9.21. The lowest BCUT2D eigenvalue weighted by Crippen LogP contribution is -2.44. The Labute approximate surface area is 158 Å². The molecule has 1 fully saturated rings. The van der Waals surface area contributed by atoms with Gasteiger partial charge in [-0.15, -0.1) is 0 Å². The number of fused-ring (bicyclic) bond motifs is 1. The van der Waals surface area contributed by atoms with Crippen molar-refractivity contribution in [3.8, 4) is 0 Å². The predicted molar refractivity (Wildman–Crippen MR) is 110 cm³/mol. The quantitative estimate of drug-likeness (QED) is 0.779. The molecule has 3 aromatic rings. The summed E-state index contributed by atoms with van der Waals surface area (Å²) < 4.78 is 1.29. The number of carbonyl (C=O) groups is 1. The minimum absolute atomic E-state index is 0.574. The normalized spacial score (nSPS) is 15.7. The summed E-state index contributed by atoms with van der Waals surface area (Å²) in [7, 11) is 2.13. The highest BCUT2D eigenvalue weighted by molar-refractivity contribution is 5.97. The van der Waals surface area contributed by atoms with Crippen molar-refractivity contribution in [2.75, 3.05) is 38.1 Å². The Bertz CT molecular complexity index is 984. The van der Waals surface area contributed by atoms with E-state index >= 15 is 0 Å². The third-order valence-corrected chi connectivity index (χ3v) is 5.00. The predicted octanol–water partition coefficient (Wildman–Crippen LogP) is 2.89. The second kappa shape index (κ2) is 7.25. The van der Waals surface area contributed by atoms with Crippen LogP contribution in [0.2, 0.25) is 0 Å². The molecule has 4 rings (SSSR count). The molecule has 6 nitrogen and oxygen atoms in total. The topological polar surface area (TPSA) is 67.4 Å². The van der Waals surface area contributed by atoms with Crippen LogP contribution in [-0.4, -0.2) is 53.9 Å². The van der Waals surface area contributed by atoms with Crippen LogP contribution in [0.5, 0.6) is 0 Å². The summed E-state index contributed by atoms with van der Waals surface area (Å²) in [5.74, 6) is 0. The summed E-state index contributed by atoms with van der Waals surface area (Å²) in [6, 6.07) is 15.6. The molecule has 1 aliphatic heterocycles. The van der Waals surface area contributed by atoms with Gasteiger partial charge in [-0.05, 0) is 36.9 Å². The van der Waals surface area contributed by atoms with E-state index in [2.05, 4.69) is 28.0 Å². The maximum Gasteiger partial charge on any atom is 0.340 e. The van der Waals surface area contributed by atoms with Crippen LogP contribution in [0.3, 0.4) is 0 Å². The SMILES string of the molecule is CN1CCN(c2ccc3c(C=Cc4ccccc4)nn(C(N)=O)c3c2)CC1. The summed E-state index contributed by atoms with van der Waals surface area (Å²) in [4.78, 5) is 16.6. The van der Waals surface area contributed by atoms with Crippen LogP contribution in [0.1, 0.15) is 11.3 Å². The summed E-state index contributed by atoms with van der Waals surface area (Å²) in [6.45, 7) is 3.98. The lowest BCUT2D eigenvalue weighted by molar-refractivity contribution is 0.248. The Kier molecular flexibility index (Phi) is 4.64. The molecule has 0 aliphatic carbocycles. The molecule has 0 radical (unpaired) electrons. The minimum Gasteiger partial charge on any atom is -0.369 e. The molecule has 0 spiro atoms. The molecule has 1 aliphatic rings. The number of hydrogen-bond acceptors (Lipinski definition) is 4. The molecule has 0 atom stereocenters. The van der Waals surface area contributed by atoms with Crippen LogP contribution in [-0.2, 0) is 0 Å². The maximum atomic E-state index is 11.9. The third-order valence-electron chi connectivity index (χ3n) is 5.00. The Morgan fingerprint density at radius 3 is 2.48 bits per heavy atom. The molecule has 1 saturated heterocycles. The van der Waals surface area contributed by atoms with Crippen molar-refractivity contribution < 1.29 is 4.79 Å². The van der Waals surface area contributed by atoms with E-state index in [0.29, 0.717) is 0 Å². The first kappa shape index (κ1) is 17.3. The first-order valence-corrected chi connectivity index (χ1v) is 9.11. The van der Waals surface area contributed by atoms with Crippen LogP contribution in [0, 0.1) is 0 Å². The largest absolute Gasteiger partial charge is 0.369 e. The number of carbonyl (C=O) groups excluding carboxylic acids is 1. The van der Waals surface area contributed by atoms with Gasteiger partial charge in [0.2, 0.25) is 0 Å². The van der Waals surface area contributed by atoms with Crippen molar-refractivity contribution in [1.82, 2.24) is 14.7 Å². The smallest absolute Gasteiger partial charge is 0.340 e. The number of piperazine rings is 1. The zero-order valence-electron chi connectivity index (χ0n) is 15.4. The molecule has 1 aromatic heterocycles. The molecule has 0 unspecified atom stereocenters. The summed E-state index contributed by atoms with van der Waals surface area (Å²) in [6.07, 6.45) is 3.91. The van der Waals surface area contributed by atoms with E-state index in [9.17, 15) is 4.79 Å². The molecule has 138 valence electrons. The highest BCUT2D eigenvalue weighted by Crippen LogP contribution is 2.26. The molecule has 0 saturated carbocycles. The van der Waals surface area contributed by atoms with Gasteiger partial charge in [0.15, 0.2) is 0 Å². The number of nitrogens with two attached hydrogens (primary N) is 1. The molecular weight excluding hydrogens is 338 g/mol. The zero-order chi connectivity index (χ0) is 18.8. The second-order valence-corrected chi connectivity index (χ2v) is 6.87. The number of amides is 1. The fourth-order valence-corrected chi connectivity index (χ4v) is 3.42. The van der Waals surface area contributed by atoms with Crippen LogP contribution >= 0.6 is 0 Å². The average Bonchev–Trinajstić information content (AvgIpc) is 3.06. The Morgan fingerprint density at radius 2 is 1.78 bits per heavy atom. The third kappa shape index (κ3) is 3.57. The molecule has 2 heterocycles. The average molecular weight is 361 g/mol. The van der Waals surface area contributed by atoms with E-state index < -0.39 is 6.03 Å². The van der Waals surface area contributed by atoms with E-state index in [0.717, 1.165) is 54.0 Å². The van der Waals surface area contributed by atoms with Gasteiger partial charge in [0, 0.05) is 37.3 Å². The van der Waals surface area contributed by atoms with E-state index in [4.69, 9.17) is 5.73 Å². The lowest BCUT2D eigenvalue weighted by atomic mass is 10.1. The monoisotopic (exact) mass is 361 g/mol. The van der Waals surface area contributed by atoms with Gasteiger partial charge in [0.25, 0.3) is 0 Å². The van der Waals surface area contributed by atoms with Crippen molar-refractivity contribution in [3.05, 3.63) is 59.8 Å². The van der Waals surface area contributed by atoms with Crippen LogP contribution in [0.15, 0.2) is 48.5 Å². The van der Waals surface area contributed by atoms with Crippen molar-refractivity contribution in [2.45, 2.75) is 0 Å². The number of aromatic nitrogens is 2. The molecular formula is C21H23N5O. The Balaban J connectivity index is 1.71. The van der Waals surface area contributed by atoms with Gasteiger partial charge in [0.05, 0.1) is 11.2 Å². The summed E-state index contributed by atoms with van der Waals surface area (Å²) in [5, 5.41) is 5.35. The highest BCUT2D eigenvalue weighted by Gasteiger charge is 2.17. The van der Waals surface area contributed by atoms with Crippen molar-refractivity contribution in [3.63, 3.8) is 0 Å². The number of primary amides is 1. The number of anilines is 1. The fourth-order valence-electron chi connectivity index (χ4n) is 3.42. The number of hydrogen-bond donors (Lipinski definition) is 1. The minimum atomic E-state index is -0.574. The van der Waals surface area contributed by atoms with Gasteiger partial charge in [-0.25, -0.2) is 4.79 Å². The van der Waals surface area contributed by atoms with Gasteiger partial charge < -0.3 is 15.5 Å². The Hall–Kier alpha value is -3.12. The molecule has 1 amide bonds. The van der Waals surface area contributed by atoms with Crippen LogP contribution < -0.4 is 10.6 Å². The van der Waals surface area contributed by atoms with Gasteiger partial charge >= 0.3 is 6.03 Å². The van der Waals surface area contributed by atoms with Crippen LogP contribution in [0.25, 0.3) is 23.1 Å². The molecule has 2 N–H and O–H groups in total. The summed E-state index contributed by atoms with van der Waals surface area (Å²) >= 11 is 0. The van der Waals surface area contributed by atoms with Crippen molar-refractivity contribution >= 4 is 34.8 Å². The lowest BCUT2D eigenvalue weighted by Gasteiger charge is -2.34. The van der Waals surface area contributed by atoms with Gasteiger partial charge in [-0.3, -0.25) is 0 Å². The van der Waals surface area contributed by atoms with E-state index in [1.54, 1.807) is 0 Å². The van der Waals surface area contributed by atoms with E-state index in [1.165, 1.54) is 4.68 Å². The molecule has 27 heavy (non-hydrogen) atoms. The standard InChI is InChI=1S/C21H23N5O/c1-24-11-13-25(14-12-24)17-8-9-18-19(10-7-16-5-3-2-4-6-16)23-26(21(22)27)20(18)15-17/h2-10,15H,11-14H2,1H3,(H2,22,27). The molecule has 2 aromatic carbocycles. The number of rotatable bonds is 3. The molecule has 0 bridgehead atoms. The van der Waals surface area contributed by atoms with Crippen molar-refractivity contribution in [1.29, 1.82) is 0 Å². The number of benzene rings is 2. The van der Waals surface area contributed by atoms with E-state index in [-0.39, 0.29) is 0 Å². The van der Waals surface area contributed by atoms with Crippen molar-refractivity contribution in [2.24, 2.45) is 5.73 Å². The van der Waals surface area contributed by atoms with Crippen LogP contribution in [0.4, 0.5) is 10.5 Å². The first-order chi connectivity index (χ1) is 13.1. The molecule has 6 heteroatoms. The van der Waals surface area contributed by atoms with E-state index in [1.807, 2.05) is 54.6 Å². The first-order valence-electron chi connectivity index (χ1n) is 9.11. The van der Waals surface area contributed by atoms with Gasteiger partial charge in [-0.2, -0.15) is 9.78 Å². The number of likely N-dealkylation sites (N-methyl/N-ethyl adjacent to an activating group) is 1. The van der Waals surface area contributed by atoms with Gasteiger partial charge in [-0.1, -0.05) is 36.4 Å². The number of nitrogens with zero attached hydrogens (tertiary/aromatic N) is 4. The van der Waals surface area contributed by atoms with Gasteiger partial charge in [0.1, 0.15) is 0 Å².